The van der Waals surface area contributed by atoms with Crippen molar-refractivity contribution in [1.29, 1.82) is 0 Å². The predicted molar refractivity (Wildman–Crippen MR) is 223 cm³/mol. The van der Waals surface area contributed by atoms with E-state index in [1.807, 2.05) is 30.0 Å². The highest BCUT2D eigenvalue weighted by Gasteiger charge is 2.50. The van der Waals surface area contributed by atoms with E-state index in [-0.39, 0.29) is 5.41 Å². The van der Waals surface area contributed by atoms with Crippen molar-refractivity contribution in [1.82, 2.24) is 9.97 Å². The van der Waals surface area contributed by atoms with Crippen LogP contribution >= 0.6 is 11.8 Å². The van der Waals surface area contributed by atoms with Crippen LogP contribution in [-0.4, -0.2) is 9.97 Å². The second kappa shape index (κ2) is 12.3. The largest absolute Gasteiger partial charge is 0.228 e. The first kappa shape index (κ1) is 31.0. The van der Waals surface area contributed by atoms with Crippen LogP contribution in [0, 0.1) is 0 Å². The summed E-state index contributed by atoms with van der Waals surface area (Å²) in [6, 6.07) is 70.3. The van der Waals surface area contributed by atoms with E-state index in [1.54, 1.807) is 0 Å². The fraction of sp³-hybridized carbons (Fsp3) is 0.0196. The molecule has 252 valence electrons. The summed E-state index contributed by atoms with van der Waals surface area (Å²) in [5.41, 5.74) is 14.9. The molecule has 0 N–H and O–H groups in total. The molecule has 54 heavy (non-hydrogen) atoms. The molecule has 0 radical (unpaired) electrons. The maximum absolute atomic E-state index is 5.17. The Labute approximate surface area is 318 Å². The van der Waals surface area contributed by atoms with Crippen LogP contribution in [0.1, 0.15) is 22.3 Å². The van der Waals surface area contributed by atoms with Crippen LogP contribution in [0.5, 0.6) is 0 Å². The van der Waals surface area contributed by atoms with E-state index in [4.69, 9.17) is 9.97 Å². The van der Waals surface area contributed by atoms with Crippen LogP contribution in [0.4, 0.5) is 0 Å². The van der Waals surface area contributed by atoms with Crippen molar-refractivity contribution in [3.63, 3.8) is 0 Å². The van der Waals surface area contributed by atoms with Gasteiger partial charge in [-0.1, -0.05) is 176 Å². The molecule has 0 saturated carbocycles. The molecule has 0 saturated heterocycles. The van der Waals surface area contributed by atoms with E-state index in [2.05, 4.69) is 176 Å². The number of aromatic nitrogens is 2. The van der Waals surface area contributed by atoms with Crippen molar-refractivity contribution in [2.75, 3.05) is 0 Å². The van der Waals surface area contributed by atoms with Gasteiger partial charge in [-0.05, 0) is 85.6 Å². The molecular formula is C51H32N2S. The first-order valence-corrected chi connectivity index (χ1v) is 19.2. The third-order valence-electron chi connectivity index (χ3n) is 11.1. The highest BCUT2D eigenvalue weighted by molar-refractivity contribution is 7.99. The van der Waals surface area contributed by atoms with Crippen LogP contribution in [0.25, 0.3) is 66.9 Å². The van der Waals surface area contributed by atoms with Gasteiger partial charge in [-0.15, -0.1) is 0 Å². The summed E-state index contributed by atoms with van der Waals surface area (Å²) < 4.78 is 0. The zero-order valence-corrected chi connectivity index (χ0v) is 30.1. The summed E-state index contributed by atoms with van der Waals surface area (Å²) in [4.78, 5) is 12.9. The zero-order valence-electron chi connectivity index (χ0n) is 29.3. The van der Waals surface area contributed by atoms with Crippen molar-refractivity contribution in [3.8, 4) is 56.2 Å². The molecular weight excluding hydrogens is 673 g/mol. The third-order valence-corrected chi connectivity index (χ3v) is 12.3. The van der Waals surface area contributed by atoms with E-state index in [0.29, 0.717) is 5.82 Å². The molecule has 1 spiro atoms. The van der Waals surface area contributed by atoms with Gasteiger partial charge >= 0.3 is 0 Å². The number of benzene rings is 8. The lowest BCUT2D eigenvalue weighted by Gasteiger charge is -2.39. The first-order valence-electron chi connectivity index (χ1n) is 18.4. The van der Waals surface area contributed by atoms with Crippen molar-refractivity contribution >= 4 is 22.5 Å². The SMILES string of the molecule is c1ccc(-c2nc(-c3cccc(-c4ccc5c(c4)Sc4ccccc4C54c5ccccc5-c5ccccc54)c3)cc(-c3ccc4ccccc4c3)n2)cc1. The molecule has 1 aromatic heterocycles. The molecule has 0 fully saturated rings. The highest BCUT2D eigenvalue weighted by atomic mass is 32.2. The van der Waals surface area contributed by atoms with E-state index in [0.717, 1.165) is 33.6 Å². The third kappa shape index (κ3) is 4.75. The standard InChI is InChI=1S/C51H32N2S/c1-2-14-34(15-3-1)50-52-46(32-47(53-50)39-26-25-33-13-4-5-16-35(33)29-39)38-18-12-17-36(30-38)37-27-28-45-49(31-37)54-48-24-11-10-23-44(48)51(45)42-21-8-6-19-40(42)41-20-7-9-22-43(41)51/h1-32H. The Morgan fingerprint density at radius 1 is 0.333 bits per heavy atom. The van der Waals surface area contributed by atoms with Gasteiger partial charge in [-0.25, -0.2) is 9.97 Å². The Hall–Kier alpha value is -6.55. The average Bonchev–Trinajstić information content (AvgIpc) is 3.54. The molecule has 0 amide bonds. The predicted octanol–water partition coefficient (Wildman–Crippen LogP) is 13.1. The smallest absolute Gasteiger partial charge is 0.160 e. The molecule has 2 nitrogen and oxygen atoms in total. The van der Waals surface area contributed by atoms with Crippen molar-refractivity contribution < 1.29 is 0 Å². The second-order valence-corrected chi connectivity index (χ2v) is 15.2. The molecule has 1 aliphatic carbocycles. The minimum Gasteiger partial charge on any atom is -0.228 e. The minimum atomic E-state index is -0.376. The van der Waals surface area contributed by atoms with E-state index in [9.17, 15) is 0 Å². The lowest BCUT2D eigenvalue weighted by Crippen LogP contribution is -2.31. The molecule has 1 aliphatic heterocycles. The van der Waals surface area contributed by atoms with Gasteiger partial charge in [0.1, 0.15) is 0 Å². The van der Waals surface area contributed by atoms with Crippen molar-refractivity contribution in [3.05, 3.63) is 216 Å². The van der Waals surface area contributed by atoms with Crippen LogP contribution in [0.3, 0.4) is 0 Å². The fourth-order valence-electron chi connectivity index (χ4n) is 8.71. The Morgan fingerprint density at radius 2 is 0.889 bits per heavy atom. The first-order chi connectivity index (χ1) is 26.7. The molecule has 2 heterocycles. The van der Waals surface area contributed by atoms with Gasteiger partial charge in [-0.3, -0.25) is 0 Å². The molecule has 11 rings (SSSR count). The molecule has 3 heteroatoms. The number of rotatable bonds is 4. The number of hydrogen-bond donors (Lipinski definition) is 0. The minimum absolute atomic E-state index is 0.376. The summed E-state index contributed by atoms with van der Waals surface area (Å²) >= 11 is 1.88. The molecule has 0 unspecified atom stereocenters. The van der Waals surface area contributed by atoms with Crippen molar-refractivity contribution in [2.24, 2.45) is 0 Å². The topological polar surface area (TPSA) is 25.8 Å². The summed E-state index contributed by atoms with van der Waals surface area (Å²) in [6.07, 6.45) is 0. The summed E-state index contributed by atoms with van der Waals surface area (Å²) in [5.74, 6) is 0.716. The van der Waals surface area contributed by atoms with Gasteiger partial charge in [-0.2, -0.15) is 0 Å². The quantitative estimate of drug-likeness (QED) is 0.182. The van der Waals surface area contributed by atoms with Crippen LogP contribution in [0.15, 0.2) is 204 Å². The van der Waals surface area contributed by atoms with Gasteiger partial charge in [0.15, 0.2) is 5.82 Å². The average molecular weight is 705 g/mol. The maximum Gasteiger partial charge on any atom is 0.160 e. The van der Waals surface area contributed by atoms with Gasteiger partial charge in [0, 0.05) is 26.5 Å². The Balaban J connectivity index is 1.05. The molecule has 0 atom stereocenters. The number of fused-ring (bicyclic) bond motifs is 10. The molecule has 0 bridgehead atoms. The van der Waals surface area contributed by atoms with E-state index in [1.165, 1.54) is 59.5 Å². The molecule has 2 aliphatic rings. The van der Waals surface area contributed by atoms with Crippen molar-refractivity contribution in [2.45, 2.75) is 15.2 Å². The zero-order chi connectivity index (χ0) is 35.6. The normalized spacial score (nSPS) is 13.3. The lowest BCUT2D eigenvalue weighted by molar-refractivity contribution is 0.722. The molecule has 8 aromatic carbocycles. The van der Waals surface area contributed by atoms with Gasteiger partial charge in [0.2, 0.25) is 0 Å². The van der Waals surface area contributed by atoms with Gasteiger partial charge < -0.3 is 0 Å². The Bertz CT molecular complexity index is 2880. The highest BCUT2D eigenvalue weighted by Crippen LogP contribution is 2.62. The Morgan fingerprint density at radius 3 is 1.67 bits per heavy atom. The number of nitrogens with zero attached hydrogens (tertiary/aromatic N) is 2. The van der Waals surface area contributed by atoms with E-state index < -0.39 is 0 Å². The van der Waals surface area contributed by atoms with Crippen LogP contribution in [0.2, 0.25) is 0 Å². The van der Waals surface area contributed by atoms with Crippen LogP contribution in [-0.2, 0) is 5.41 Å². The van der Waals surface area contributed by atoms with Gasteiger partial charge in [0.25, 0.3) is 0 Å². The monoisotopic (exact) mass is 704 g/mol. The summed E-state index contributed by atoms with van der Waals surface area (Å²) in [6.45, 7) is 0. The Kier molecular flexibility index (Phi) is 7.05. The second-order valence-electron chi connectivity index (χ2n) is 14.1. The number of hydrogen-bond acceptors (Lipinski definition) is 3. The fourth-order valence-corrected chi connectivity index (χ4v) is 9.94. The molecule has 9 aromatic rings. The maximum atomic E-state index is 5.17. The van der Waals surface area contributed by atoms with E-state index >= 15 is 0 Å². The summed E-state index contributed by atoms with van der Waals surface area (Å²) in [5, 5.41) is 2.41. The van der Waals surface area contributed by atoms with Gasteiger partial charge in [0.05, 0.1) is 16.8 Å². The lowest BCUT2D eigenvalue weighted by atomic mass is 9.67. The summed E-state index contributed by atoms with van der Waals surface area (Å²) in [7, 11) is 0. The van der Waals surface area contributed by atoms with Crippen LogP contribution < -0.4 is 0 Å².